The predicted octanol–water partition coefficient (Wildman–Crippen LogP) is 3.91. The van der Waals surface area contributed by atoms with E-state index in [-0.39, 0.29) is 16.5 Å². The minimum Gasteiger partial charge on any atom is -0.351 e. The second kappa shape index (κ2) is 9.13. The van der Waals surface area contributed by atoms with Crippen molar-refractivity contribution in [3.8, 4) is 0 Å². The van der Waals surface area contributed by atoms with Crippen LogP contribution in [-0.2, 0) is 0 Å². The highest BCUT2D eigenvalue weighted by Gasteiger charge is 2.20. The summed E-state index contributed by atoms with van der Waals surface area (Å²) in [5, 5.41) is 17.1. The number of nitro groups is 1. The Morgan fingerprint density at radius 3 is 2.61 bits per heavy atom. The highest BCUT2D eigenvalue weighted by molar-refractivity contribution is 7.22. The number of hydrogen-bond donors (Lipinski definition) is 1. The highest BCUT2D eigenvalue weighted by atomic mass is 32.1. The molecule has 1 amide bonds. The van der Waals surface area contributed by atoms with E-state index in [2.05, 4.69) is 20.1 Å². The molecule has 0 aliphatic carbocycles. The number of hydrogen-bond acceptors (Lipinski definition) is 7. The number of nitro benzene ring substituents is 1. The molecule has 8 nitrogen and oxygen atoms in total. The van der Waals surface area contributed by atoms with Gasteiger partial charge in [-0.2, -0.15) is 0 Å². The maximum Gasteiger partial charge on any atom is 0.270 e. The third-order valence-corrected chi connectivity index (χ3v) is 7.02. The summed E-state index contributed by atoms with van der Waals surface area (Å²) in [6, 6.07) is 18.6. The number of amides is 1. The van der Waals surface area contributed by atoms with Crippen molar-refractivity contribution < 1.29 is 9.72 Å². The van der Waals surface area contributed by atoms with Gasteiger partial charge in [0.2, 0.25) is 0 Å². The average molecular weight is 462 g/mol. The van der Waals surface area contributed by atoms with Crippen molar-refractivity contribution in [1.29, 1.82) is 0 Å². The highest BCUT2D eigenvalue weighted by Crippen LogP contribution is 2.31. The lowest BCUT2D eigenvalue weighted by atomic mass is 10.1. The molecule has 0 bridgehead atoms. The first kappa shape index (κ1) is 21.3. The first-order valence-electron chi connectivity index (χ1n) is 10.9. The molecule has 1 saturated heterocycles. The largest absolute Gasteiger partial charge is 0.351 e. The smallest absolute Gasteiger partial charge is 0.270 e. The Morgan fingerprint density at radius 1 is 1.03 bits per heavy atom. The molecular formula is C24H23N5O3S. The fourth-order valence-electron chi connectivity index (χ4n) is 4.07. The second-order valence-electron chi connectivity index (χ2n) is 8.05. The van der Waals surface area contributed by atoms with Crippen LogP contribution in [0.25, 0.3) is 21.0 Å². The Hall–Kier alpha value is -3.56. The molecular weight excluding hydrogens is 438 g/mol. The number of carbonyl (C=O) groups excluding carboxylic acids is 1. The summed E-state index contributed by atoms with van der Waals surface area (Å²) in [4.78, 5) is 32.4. The molecule has 3 aromatic carbocycles. The van der Waals surface area contributed by atoms with E-state index in [9.17, 15) is 14.9 Å². The third kappa shape index (κ3) is 4.64. The molecule has 9 heteroatoms. The number of nitrogens with one attached hydrogen (secondary N) is 1. The molecule has 168 valence electrons. The number of benzene rings is 3. The van der Waals surface area contributed by atoms with Gasteiger partial charge in [-0.25, -0.2) is 4.98 Å². The van der Waals surface area contributed by atoms with Crippen LogP contribution in [0.1, 0.15) is 10.4 Å². The molecule has 0 atom stereocenters. The lowest BCUT2D eigenvalue weighted by Gasteiger charge is -2.34. The summed E-state index contributed by atoms with van der Waals surface area (Å²) in [5.74, 6) is -0.0528. The molecule has 0 radical (unpaired) electrons. The molecule has 1 aromatic heterocycles. The molecule has 0 unspecified atom stereocenters. The SMILES string of the molecule is O=C(NCCN1CCN(c2nc3ccc([N+](=O)[O-])cc3s2)CC1)c1ccc2ccccc2c1. The molecule has 1 aliphatic rings. The standard InChI is InChI=1S/C24H23N5O3S/c30-23(19-6-5-17-3-1-2-4-18(17)15-19)25-9-10-27-11-13-28(14-12-27)24-26-21-8-7-20(29(31)32)16-22(21)33-24/h1-8,15-16H,9-14H2,(H,25,30). The molecule has 0 saturated carbocycles. The zero-order chi connectivity index (χ0) is 22.8. The van der Waals surface area contributed by atoms with E-state index in [0.717, 1.165) is 58.8 Å². The van der Waals surface area contributed by atoms with Crippen LogP contribution in [0.5, 0.6) is 0 Å². The minimum absolute atomic E-state index is 0.0528. The number of fused-ring (bicyclic) bond motifs is 2. The number of rotatable bonds is 6. The van der Waals surface area contributed by atoms with Crippen molar-refractivity contribution in [1.82, 2.24) is 15.2 Å². The zero-order valence-corrected chi connectivity index (χ0v) is 18.8. The van der Waals surface area contributed by atoms with Crippen LogP contribution in [-0.4, -0.2) is 60.0 Å². The monoisotopic (exact) mass is 461 g/mol. The number of thiazole rings is 1. The normalized spacial score (nSPS) is 14.6. The van der Waals surface area contributed by atoms with Gasteiger partial charge < -0.3 is 10.2 Å². The molecule has 4 aromatic rings. The fourth-order valence-corrected chi connectivity index (χ4v) is 5.12. The summed E-state index contributed by atoms with van der Waals surface area (Å²) in [5.41, 5.74) is 1.56. The van der Waals surface area contributed by atoms with Crippen molar-refractivity contribution in [3.05, 3.63) is 76.3 Å². The van der Waals surface area contributed by atoms with Crippen molar-refractivity contribution in [3.63, 3.8) is 0 Å². The van der Waals surface area contributed by atoms with Crippen LogP contribution in [0.15, 0.2) is 60.7 Å². The van der Waals surface area contributed by atoms with E-state index in [1.165, 1.54) is 17.4 Å². The zero-order valence-electron chi connectivity index (χ0n) is 17.9. The van der Waals surface area contributed by atoms with Gasteiger partial charge in [-0.15, -0.1) is 0 Å². The average Bonchev–Trinajstić information content (AvgIpc) is 3.27. The Balaban J connectivity index is 1.12. The van der Waals surface area contributed by atoms with E-state index < -0.39 is 0 Å². The molecule has 1 N–H and O–H groups in total. The lowest BCUT2D eigenvalue weighted by Crippen LogP contribution is -2.48. The van der Waals surface area contributed by atoms with Gasteiger partial charge in [0, 0.05) is 57.0 Å². The van der Waals surface area contributed by atoms with Crippen LogP contribution in [0.2, 0.25) is 0 Å². The van der Waals surface area contributed by atoms with E-state index in [0.29, 0.717) is 12.1 Å². The van der Waals surface area contributed by atoms with Gasteiger partial charge in [0.25, 0.3) is 11.6 Å². The van der Waals surface area contributed by atoms with Crippen LogP contribution >= 0.6 is 11.3 Å². The molecule has 1 fully saturated rings. The van der Waals surface area contributed by atoms with Gasteiger partial charge in [-0.05, 0) is 29.0 Å². The van der Waals surface area contributed by atoms with Crippen molar-refractivity contribution in [2.24, 2.45) is 0 Å². The van der Waals surface area contributed by atoms with E-state index in [1.54, 1.807) is 12.1 Å². The maximum absolute atomic E-state index is 12.5. The van der Waals surface area contributed by atoms with Gasteiger partial charge in [0.05, 0.1) is 15.1 Å². The molecule has 33 heavy (non-hydrogen) atoms. The molecule has 0 spiro atoms. The number of aromatic nitrogens is 1. The molecule has 5 rings (SSSR count). The third-order valence-electron chi connectivity index (χ3n) is 5.94. The van der Waals surface area contributed by atoms with Gasteiger partial charge in [0.1, 0.15) is 0 Å². The quantitative estimate of drug-likeness (QED) is 0.346. The number of non-ortho nitro benzene ring substituents is 1. The van der Waals surface area contributed by atoms with E-state index in [1.807, 2.05) is 42.5 Å². The number of anilines is 1. The summed E-state index contributed by atoms with van der Waals surface area (Å²) < 4.78 is 0.832. The van der Waals surface area contributed by atoms with E-state index >= 15 is 0 Å². The lowest BCUT2D eigenvalue weighted by molar-refractivity contribution is -0.384. The molecule has 1 aliphatic heterocycles. The topological polar surface area (TPSA) is 91.6 Å². The van der Waals surface area contributed by atoms with Crippen molar-refractivity contribution in [2.75, 3.05) is 44.2 Å². The van der Waals surface area contributed by atoms with Crippen LogP contribution in [0, 0.1) is 10.1 Å². The van der Waals surface area contributed by atoms with Gasteiger partial charge in [0.15, 0.2) is 5.13 Å². The summed E-state index contributed by atoms with van der Waals surface area (Å²) in [6.45, 7) is 4.81. The predicted molar refractivity (Wildman–Crippen MR) is 131 cm³/mol. The summed E-state index contributed by atoms with van der Waals surface area (Å²) in [6.07, 6.45) is 0. The van der Waals surface area contributed by atoms with E-state index in [4.69, 9.17) is 0 Å². The summed E-state index contributed by atoms with van der Waals surface area (Å²) >= 11 is 1.49. The Labute approximate surface area is 194 Å². The molecule has 2 heterocycles. The number of piperazine rings is 1. The Kier molecular flexibility index (Phi) is 5.89. The fraction of sp³-hybridized carbons (Fsp3) is 0.250. The maximum atomic E-state index is 12.5. The second-order valence-corrected chi connectivity index (χ2v) is 9.06. The van der Waals surface area contributed by atoms with Crippen LogP contribution in [0.3, 0.4) is 0 Å². The van der Waals surface area contributed by atoms with Gasteiger partial charge >= 0.3 is 0 Å². The first-order valence-corrected chi connectivity index (χ1v) is 11.7. The van der Waals surface area contributed by atoms with Crippen molar-refractivity contribution >= 4 is 49.1 Å². The Bertz CT molecular complexity index is 1330. The number of carbonyl (C=O) groups is 1. The summed E-state index contributed by atoms with van der Waals surface area (Å²) in [7, 11) is 0. The number of nitrogens with zero attached hydrogens (tertiary/aromatic N) is 4. The van der Waals surface area contributed by atoms with Crippen LogP contribution < -0.4 is 10.2 Å². The first-order chi connectivity index (χ1) is 16.1. The van der Waals surface area contributed by atoms with Gasteiger partial charge in [-0.3, -0.25) is 19.8 Å². The minimum atomic E-state index is -0.379. The Morgan fingerprint density at radius 2 is 1.82 bits per heavy atom. The van der Waals surface area contributed by atoms with Crippen LogP contribution in [0.4, 0.5) is 10.8 Å². The van der Waals surface area contributed by atoms with Gasteiger partial charge in [-0.1, -0.05) is 41.7 Å². The van der Waals surface area contributed by atoms with Crippen molar-refractivity contribution in [2.45, 2.75) is 0 Å².